The fraction of sp³-hybridized carbons (Fsp3) is 0.364. The van der Waals surface area contributed by atoms with E-state index in [1.807, 2.05) is 6.07 Å². The van der Waals surface area contributed by atoms with E-state index in [2.05, 4.69) is 51.7 Å². The summed E-state index contributed by atoms with van der Waals surface area (Å²) in [6.45, 7) is 4.30. The Labute approximate surface area is 165 Å². The predicted octanol–water partition coefficient (Wildman–Crippen LogP) is 3.34. The zero-order valence-corrected chi connectivity index (χ0v) is 16.4. The quantitative estimate of drug-likeness (QED) is 0.632. The number of nitrogens with zero attached hydrogens (tertiary/aromatic N) is 3. The Morgan fingerprint density at radius 3 is 2.79 bits per heavy atom. The zero-order chi connectivity index (χ0) is 19.9. The lowest BCUT2D eigenvalue weighted by atomic mass is 10.0. The van der Waals surface area contributed by atoms with E-state index in [1.54, 1.807) is 13.1 Å². The summed E-state index contributed by atoms with van der Waals surface area (Å²) in [6.07, 6.45) is 2.16. The molecule has 1 fully saturated rings. The van der Waals surface area contributed by atoms with Crippen molar-refractivity contribution in [2.24, 2.45) is 4.99 Å². The monoisotopic (exact) mass is 379 g/mol. The second-order valence-corrected chi connectivity index (χ2v) is 7.11. The molecular formula is C22H26FN5. The molecule has 1 aliphatic rings. The summed E-state index contributed by atoms with van der Waals surface area (Å²) in [7, 11) is 1.71. The molecule has 0 amide bonds. The molecule has 1 unspecified atom stereocenters. The minimum atomic E-state index is -0.329. The Morgan fingerprint density at radius 1 is 1.29 bits per heavy atom. The molecule has 0 spiro atoms. The van der Waals surface area contributed by atoms with Gasteiger partial charge in [0.25, 0.3) is 0 Å². The molecular weight excluding hydrogens is 353 g/mol. The molecule has 28 heavy (non-hydrogen) atoms. The standard InChI is InChI=1S/C22H26FN5/c1-16-5-8-20(9-6-16)28-11-3-4-19(15-28)27-22(25-2)26-14-18-12-17(13-24)7-10-21(18)23/h5-10,12,19H,3-4,11,14-15H2,1-2H3,(H2,25,26,27). The highest BCUT2D eigenvalue weighted by Gasteiger charge is 2.21. The second-order valence-electron chi connectivity index (χ2n) is 7.11. The summed E-state index contributed by atoms with van der Waals surface area (Å²) >= 11 is 0. The van der Waals surface area contributed by atoms with Gasteiger partial charge in [-0.3, -0.25) is 4.99 Å². The Morgan fingerprint density at radius 2 is 2.07 bits per heavy atom. The van der Waals surface area contributed by atoms with E-state index in [0.717, 1.165) is 25.9 Å². The first-order valence-electron chi connectivity index (χ1n) is 9.56. The number of nitriles is 1. The summed E-state index contributed by atoms with van der Waals surface area (Å²) in [5, 5.41) is 15.6. The van der Waals surface area contributed by atoms with Gasteiger partial charge in [-0.05, 0) is 50.1 Å². The van der Waals surface area contributed by atoms with Crippen LogP contribution in [-0.2, 0) is 6.54 Å². The van der Waals surface area contributed by atoms with Crippen LogP contribution >= 0.6 is 0 Å². The predicted molar refractivity (Wildman–Crippen MR) is 111 cm³/mol. The number of anilines is 1. The van der Waals surface area contributed by atoms with Gasteiger partial charge < -0.3 is 15.5 Å². The first-order valence-corrected chi connectivity index (χ1v) is 9.56. The van der Waals surface area contributed by atoms with Crippen LogP contribution in [0.2, 0.25) is 0 Å². The van der Waals surface area contributed by atoms with Gasteiger partial charge in [0.1, 0.15) is 5.82 Å². The average Bonchev–Trinajstić information content (AvgIpc) is 2.73. The van der Waals surface area contributed by atoms with Crippen LogP contribution < -0.4 is 15.5 Å². The van der Waals surface area contributed by atoms with Gasteiger partial charge >= 0.3 is 0 Å². The summed E-state index contributed by atoms with van der Waals surface area (Å²) in [5.41, 5.74) is 3.39. The van der Waals surface area contributed by atoms with Crippen LogP contribution in [0.3, 0.4) is 0 Å². The number of aliphatic imine (C=N–C) groups is 1. The van der Waals surface area contributed by atoms with Crippen molar-refractivity contribution < 1.29 is 4.39 Å². The van der Waals surface area contributed by atoms with Crippen molar-refractivity contribution in [3.8, 4) is 6.07 Å². The van der Waals surface area contributed by atoms with Crippen LogP contribution in [0.4, 0.5) is 10.1 Å². The SMILES string of the molecule is CN=C(NCc1cc(C#N)ccc1F)NC1CCCN(c2ccc(C)cc2)C1. The highest BCUT2D eigenvalue weighted by molar-refractivity contribution is 5.80. The van der Waals surface area contributed by atoms with Crippen molar-refractivity contribution in [3.05, 3.63) is 65.0 Å². The van der Waals surface area contributed by atoms with E-state index in [1.165, 1.54) is 23.4 Å². The minimum Gasteiger partial charge on any atom is -0.369 e. The highest BCUT2D eigenvalue weighted by atomic mass is 19.1. The number of benzene rings is 2. The van der Waals surface area contributed by atoms with Crippen LogP contribution in [0.1, 0.15) is 29.5 Å². The summed E-state index contributed by atoms with van der Waals surface area (Å²) in [4.78, 5) is 6.65. The van der Waals surface area contributed by atoms with Gasteiger partial charge in [0.15, 0.2) is 5.96 Å². The van der Waals surface area contributed by atoms with E-state index in [4.69, 9.17) is 5.26 Å². The van der Waals surface area contributed by atoms with E-state index >= 15 is 0 Å². The Bertz CT molecular complexity index is 869. The molecule has 1 atom stereocenters. The van der Waals surface area contributed by atoms with Gasteiger partial charge in [-0.25, -0.2) is 4.39 Å². The molecule has 1 aliphatic heterocycles. The van der Waals surface area contributed by atoms with E-state index < -0.39 is 0 Å². The van der Waals surface area contributed by atoms with Crippen molar-refractivity contribution in [3.63, 3.8) is 0 Å². The van der Waals surface area contributed by atoms with Gasteiger partial charge in [-0.2, -0.15) is 5.26 Å². The molecule has 0 bridgehead atoms. The molecule has 0 aromatic heterocycles. The van der Waals surface area contributed by atoms with Crippen molar-refractivity contribution in [1.29, 1.82) is 5.26 Å². The van der Waals surface area contributed by atoms with Gasteiger partial charge in [-0.15, -0.1) is 0 Å². The number of guanidine groups is 1. The van der Waals surface area contributed by atoms with E-state index in [-0.39, 0.29) is 18.4 Å². The lowest BCUT2D eigenvalue weighted by Gasteiger charge is -2.35. The number of piperidine rings is 1. The molecule has 0 aliphatic carbocycles. The first-order chi connectivity index (χ1) is 13.6. The molecule has 0 radical (unpaired) electrons. The Hall–Kier alpha value is -3.07. The molecule has 146 valence electrons. The summed E-state index contributed by atoms with van der Waals surface area (Å²) in [5.74, 6) is 0.308. The van der Waals surface area contributed by atoms with Gasteiger partial charge in [0.05, 0.1) is 11.6 Å². The Balaban J connectivity index is 1.58. The number of rotatable bonds is 4. The largest absolute Gasteiger partial charge is 0.369 e. The zero-order valence-electron chi connectivity index (χ0n) is 16.4. The van der Waals surface area contributed by atoms with Crippen LogP contribution in [0.5, 0.6) is 0 Å². The molecule has 1 saturated heterocycles. The first kappa shape index (κ1) is 19.7. The third kappa shape index (κ3) is 5.01. The molecule has 0 saturated carbocycles. The lowest BCUT2D eigenvalue weighted by molar-refractivity contribution is 0.467. The van der Waals surface area contributed by atoms with Crippen molar-refractivity contribution >= 4 is 11.6 Å². The third-order valence-corrected chi connectivity index (χ3v) is 5.01. The molecule has 5 nitrogen and oxygen atoms in total. The fourth-order valence-electron chi connectivity index (χ4n) is 3.43. The molecule has 2 aromatic carbocycles. The van der Waals surface area contributed by atoms with Crippen LogP contribution in [0.25, 0.3) is 0 Å². The van der Waals surface area contributed by atoms with Crippen molar-refractivity contribution in [2.45, 2.75) is 32.4 Å². The maximum absolute atomic E-state index is 14.0. The molecule has 2 N–H and O–H groups in total. The molecule has 3 rings (SSSR count). The number of halogens is 1. The van der Waals surface area contributed by atoms with E-state index in [9.17, 15) is 4.39 Å². The molecule has 1 heterocycles. The molecule has 6 heteroatoms. The van der Waals surface area contributed by atoms with Crippen LogP contribution in [0.15, 0.2) is 47.5 Å². The third-order valence-electron chi connectivity index (χ3n) is 5.01. The Kier molecular flexibility index (Phi) is 6.49. The number of hydrogen-bond donors (Lipinski definition) is 2. The maximum atomic E-state index is 14.0. The lowest BCUT2D eigenvalue weighted by Crippen LogP contribution is -2.51. The number of aryl methyl sites for hydroxylation is 1. The summed E-state index contributed by atoms with van der Waals surface area (Å²) in [6, 6.07) is 15.3. The summed E-state index contributed by atoms with van der Waals surface area (Å²) < 4.78 is 14.0. The topological polar surface area (TPSA) is 63.5 Å². The minimum absolute atomic E-state index is 0.261. The normalized spacial score (nSPS) is 17.1. The van der Waals surface area contributed by atoms with Crippen LogP contribution in [-0.4, -0.2) is 32.1 Å². The van der Waals surface area contributed by atoms with E-state index in [0.29, 0.717) is 17.1 Å². The molecule has 2 aromatic rings. The number of nitrogens with one attached hydrogen (secondary N) is 2. The fourth-order valence-corrected chi connectivity index (χ4v) is 3.43. The average molecular weight is 379 g/mol. The smallest absolute Gasteiger partial charge is 0.191 e. The number of hydrogen-bond acceptors (Lipinski definition) is 3. The van der Waals surface area contributed by atoms with Gasteiger partial charge in [0, 0.05) is 44.0 Å². The van der Waals surface area contributed by atoms with Gasteiger partial charge in [0.2, 0.25) is 0 Å². The van der Waals surface area contributed by atoms with Crippen LogP contribution in [0, 0.1) is 24.1 Å². The maximum Gasteiger partial charge on any atom is 0.191 e. The van der Waals surface area contributed by atoms with Crippen molar-refractivity contribution in [2.75, 3.05) is 25.0 Å². The second kappa shape index (κ2) is 9.23. The van der Waals surface area contributed by atoms with Crippen molar-refractivity contribution in [1.82, 2.24) is 10.6 Å². The highest BCUT2D eigenvalue weighted by Crippen LogP contribution is 2.20. The van der Waals surface area contributed by atoms with Gasteiger partial charge in [-0.1, -0.05) is 17.7 Å².